The van der Waals surface area contributed by atoms with Crippen LogP contribution in [-0.2, 0) is 10.0 Å². The molecule has 0 spiro atoms. The van der Waals surface area contributed by atoms with Crippen LogP contribution in [-0.4, -0.2) is 33.2 Å². The maximum atomic E-state index is 11.6. The minimum Gasteiger partial charge on any atom is -0.397 e. The van der Waals surface area contributed by atoms with Crippen LogP contribution in [0.1, 0.15) is 13.3 Å². The van der Waals surface area contributed by atoms with Crippen LogP contribution in [0.2, 0.25) is 0 Å². The van der Waals surface area contributed by atoms with Crippen LogP contribution in [0.5, 0.6) is 0 Å². The third-order valence-electron chi connectivity index (χ3n) is 2.60. The molecule has 1 unspecified atom stereocenters. The highest BCUT2D eigenvalue weighted by Crippen LogP contribution is 2.22. The number of nitrogens with two attached hydrogens (primary N) is 1. The standard InChI is InChI=1S/C11H19N3O3S/c1-3-8(15)7-14-11-6-9(4-5-10(11)12)18(16,17)13-2/h4-6,8,13-15H,3,7,12H2,1-2H3. The quantitative estimate of drug-likeness (QED) is 0.560. The minimum absolute atomic E-state index is 0.132. The number of rotatable bonds is 6. The van der Waals surface area contributed by atoms with E-state index in [1.54, 1.807) is 0 Å². The van der Waals surface area contributed by atoms with E-state index in [4.69, 9.17) is 5.73 Å². The summed E-state index contributed by atoms with van der Waals surface area (Å²) in [5.74, 6) is 0. The number of anilines is 2. The first-order chi connectivity index (χ1) is 8.40. The van der Waals surface area contributed by atoms with E-state index in [2.05, 4.69) is 10.0 Å². The van der Waals surface area contributed by atoms with Gasteiger partial charge in [0, 0.05) is 6.54 Å². The maximum Gasteiger partial charge on any atom is 0.240 e. The van der Waals surface area contributed by atoms with Gasteiger partial charge in [-0.2, -0.15) is 0 Å². The van der Waals surface area contributed by atoms with Crippen molar-refractivity contribution in [2.24, 2.45) is 0 Å². The summed E-state index contributed by atoms with van der Waals surface area (Å²) in [7, 11) is -2.14. The second kappa shape index (κ2) is 6.03. The van der Waals surface area contributed by atoms with Gasteiger partial charge in [0.25, 0.3) is 0 Å². The van der Waals surface area contributed by atoms with Crippen LogP contribution in [0, 0.1) is 0 Å². The van der Waals surface area contributed by atoms with Crippen LogP contribution < -0.4 is 15.8 Å². The molecule has 7 heteroatoms. The second-order valence-electron chi connectivity index (χ2n) is 3.90. The molecule has 1 rings (SSSR count). The molecular formula is C11H19N3O3S. The number of hydrogen-bond acceptors (Lipinski definition) is 5. The Hall–Kier alpha value is -1.31. The van der Waals surface area contributed by atoms with Crippen molar-refractivity contribution in [3.63, 3.8) is 0 Å². The highest BCUT2D eigenvalue weighted by Gasteiger charge is 2.13. The molecule has 5 N–H and O–H groups in total. The predicted octanol–water partition coefficient (Wildman–Crippen LogP) is 0.360. The largest absolute Gasteiger partial charge is 0.397 e. The average Bonchev–Trinajstić information content (AvgIpc) is 2.37. The lowest BCUT2D eigenvalue weighted by molar-refractivity contribution is 0.183. The molecule has 0 fully saturated rings. The van der Waals surface area contributed by atoms with Crippen molar-refractivity contribution in [3.05, 3.63) is 18.2 Å². The number of nitrogen functional groups attached to an aromatic ring is 1. The van der Waals surface area contributed by atoms with Crippen LogP contribution in [0.15, 0.2) is 23.1 Å². The summed E-state index contributed by atoms with van der Waals surface area (Å²) >= 11 is 0. The summed E-state index contributed by atoms with van der Waals surface area (Å²) < 4.78 is 25.5. The lowest BCUT2D eigenvalue weighted by Crippen LogP contribution is -2.21. The molecule has 18 heavy (non-hydrogen) atoms. The van der Waals surface area contributed by atoms with Crippen molar-refractivity contribution in [3.8, 4) is 0 Å². The van der Waals surface area contributed by atoms with Gasteiger partial charge in [0.05, 0.1) is 22.4 Å². The van der Waals surface area contributed by atoms with Crippen molar-refractivity contribution in [1.82, 2.24) is 4.72 Å². The van der Waals surface area contributed by atoms with Gasteiger partial charge >= 0.3 is 0 Å². The SMILES string of the molecule is CCC(O)CNc1cc(S(=O)(=O)NC)ccc1N. The number of nitrogens with one attached hydrogen (secondary N) is 2. The highest BCUT2D eigenvalue weighted by molar-refractivity contribution is 7.89. The molecule has 1 aromatic carbocycles. The lowest BCUT2D eigenvalue weighted by Gasteiger charge is -2.13. The first-order valence-electron chi connectivity index (χ1n) is 5.65. The molecule has 0 heterocycles. The molecule has 0 aliphatic rings. The molecule has 0 aromatic heterocycles. The second-order valence-corrected chi connectivity index (χ2v) is 5.79. The number of benzene rings is 1. The first kappa shape index (κ1) is 14.7. The van der Waals surface area contributed by atoms with Gasteiger partial charge in [-0.1, -0.05) is 6.92 Å². The fourth-order valence-corrected chi connectivity index (χ4v) is 2.10. The molecule has 1 atom stereocenters. The van der Waals surface area contributed by atoms with Crippen LogP contribution in [0.4, 0.5) is 11.4 Å². The molecule has 0 radical (unpaired) electrons. The molecule has 6 nitrogen and oxygen atoms in total. The van der Waals surface area contributed by atoms with Crippen molar-refractivity contribution in [2.45, 2.75) is 24.3 Å². The van der Waals surface area contributed by atoms with E-state index in [0.29, 0.717) is 24.3 Å². The zero-order valence-electron chi connectivity index (χ0n) is 10.5. The zero-order valence-corrected chi connectivity index (χ0v) is 11.3. The number of aliphatic hydroxyl groups is 1. The Bertz CT molecular complexity index is 502. The van der Waals surface area contributed by atoms with Gasteiger partial charge in [0.2, 0.25) is 10.0 Å². The van der Waals surface area contributed by atoms with E-state index < -0.39 is 16.1 Å². The summed E-state index contributed by atoms with van der Waals surface area (Å²) in [6, 6.07) is 4.40. The molecule has 102 valence electrons. The molecule has 0 saturated carbocycles. The summed E-state index contributed by atoms with van der Waals surface area (Å²) in [6.45, 7) is 2.18. The van der Waals surface area contributed by atoms with E-state index in [0.717, 1.165) is 0 Å². The van der Waals surface area contributed by atoms with Gasteiger partial charge in [0.1, 0.15) is 0 Å². The third kappa shape index (κ3) is 3.59. The van der Waals surface area contributed by atoms with E-state index in [9.17, 15) is 13.5 Å². The Morgan fingerprint density at radius 1 is 1.44 bits per heavy atom. The molecule has 0 saturated heterocycles. The Kier molecular flexibility index (Phi) is 4.94. The molecule has 0 aliphatic heterocycles. The topological polar surface area (TPSA) is 104 Å². The van der Waals surface area contributed by atoms with Crippen LogP contribution in [0.25, 0.3) is 0 Å². The van der Waals surface area contributed by atoms with Gasteiger partial charge in [-0.25, -0.2) is 13.1 Å². The van der Waals surface area contributed by atoms with E-state index >= 15 is 0 Å². The summed E-state index contributed by atoms with van der Waals surface area (Å²) in [5, 5.41) is 12.4. The number of hydrogen-bond donors (Lipinski definition) is 4. The van der Waals surface area contributed by atoms with Gasteiger partial charge in [-0.3, -0.25) is 0 Å². The molecular weight excluding hydrogens is 254 g/mol. The van der Waals surface area contributed by atoms with Gasteiger partial charge < -0.3 is 16.2 Å². The Morgan fingerprint density at radius 3 is 2.67 bits per heavy atom. The number of sulfonamides is 1. The monoisotopic (exact) mass is 273 g/mol. The highest BCUT2D eigenvalue weighted by atomic mass is 32.2. The van der Waals surface area contributed by atoms with Crippen molar-refractivity contribution in [1.29, 1.82) is 0 Å². The fraction of sp³-hybridized carbons (Fsp3) is 0.455. The van der Waals surface area contributed by atoms with E-state index in [1.165, 1.54) is 25.2 Å². The third-order valence-corrected chi connectivity index (χ3v) is 4.02. The molecule has 0 amide bonds. The van der Waals surface area contributed by atoms with Gasteiger partial charge in [0.15, 0.2) is 0 Å². The molecule has 0 aliphatic carbocycles. The smallest absolute Gasteiger partial charge is 0.240 e. The summed E-state index contributed by atoms with van der Waals surface area (Å²) in [6.07, 6.45) is 0.121. The molecule has 0 bridgehead atoms. The zero-order chi connectivity index (χ0) is 13.8. The Morgan fingerprint density at radius 2 is 2.11 bits per heavy atom. The van der Waals surface area contributed by atoms with E-state index in [1.807, 2.05) is 6.92 Å². The fourth-order valence-electron chi connectivity index (χ4n) is 1.35. The van der Waals surface area contributed by atoms with Gasteiger partial charge in [-0.15, -0.1) is 0 Å². The normalized spacial score (nSPS) is 13.3. The van der Waals surface area contributed by atoms with E-state index in [-0.39, 0.29) is 4.90 Å². The number of aliphatic hydroxyl groups excluding tert-OH is 1. The maximum absolute atomic E-state index is 11.6. The van der Waals surface area contributed by atoms with Crippen molar-refractivity contribution >= 4 is 21.4 Å². The predicted molar refractivity (Wildman–Crippen MR) is 71.9 cm³/mol. The van der Waals surface area contributed by atoms with Crippen molar-refractivity contribution in [2.75, 3.05) is 24.6 Å². The summed E-state index contributed by atoms with van der Waals surface area (Å²) in [4.78, 5) is 0.132. The minimum atomic E-state index is -3.49. The Labute approximate surface area is 107 Å². The average molecular weight is 273 g/mol. The lowest BCUT2D eigenvalue weighted by atomic mass is 10.2. The van der Waals surface area contributed by atoms with Crippen LogP contribution in [0.3, 0.4) is 0 Å². The Balaban J connectivity index is 2.95. The molecule has 1 aromatic rings. The van der Waals surface area contributed by atoms with Crippen molar-refractivity contribution < 1.29 is 13.5 Å². The van der Waals surface area contributed by atoms with Gasteiger partial charge in [-0.05, 0) is 31.7 Å². The summed E-state index contributed by atoms with van der Waals surface area (Å²) in [5.41, 5.74) is 6.68. The first-order valence-corrected chi connectivity index (χ1v) is 7.14. The van der Waals surface area contributed by atoms with Crippen LogP contribution >= 0.6 is 0 Å².